The Hall–Kier alpha value is -1.33. The van der Waals surface area contributed by atoms with E-state index in [1.807, 2.05) is 20.8 Å². The number of carbonyl (C=O) groups is 1. The number of benzene rings is 1. The van der Waals surface area contributed by atoms with Gasteiger partial charge < -0.3 is 10.2 Å². The molecule has 2 rings (SSSR count). The maximum Gasteiger partial charge on any atom is 0.230 e. The minimum atomic E-state index is 0.0979. The van der Waals surface area contributed by atoms with E-state index < -0.39 is 0 Å². The quantitative estimate of drug-likeness (QED) is 0.403. The minimum absolute atomic E-state index is 0.0979. The molecule has 152 valence electrons. The number of likely N-dealkylation sites (tertiary alicyclic amines) is 1. The van der Waals surface area contributed by atoms with Gasteiger partial charge in [-0.1, -0.05) is 55.4 Å². The Morgan fingerprint density at radius 3 is 2.59 bits per heavy atom. The van der Waals surface area contributed by atoms with Crippen molar-refractivity contribution >= 4 is 22.7 Å². The standard InChI is InChI=1S/C20H31N3OS.C2H6/c1-4-21-20(17-11-9-16(2)10-12-17)25-15-19(24)22-13-5-7-18-8-6-14-23(18)3;1-2/h9-12,18H,4-8,13-15H2,1-3H3,(H,22,24);1-2H3. The molecule has 1 fully saturated rings. The van der Waals surface area contributed by atoms with Crippen molar-refractivity contribution in [3.63, 3.8) is 0 Å². The van der Waals surface area contributed by atoms with Crippen molar-refractivity contribution in [3.8, 4) is 0 Å². The number of rotatable bonds is 8. The lowest BCUT2D eigenvalue weighted by Gasteiger charge is -2.19. The number of nitrogens with one attached hydrogen (secondary N) is 1. The van der Waals surface area contributed by atoms with Gasteiger partial charge in [0.05, 0.1) is 10.8 Å². The van der Waals surface area contributed by atoms with Crippen molar-refractivity contribution in [3.05, 3.63) is 35.4 Å². The van der Waals surface area contributed by atoms with Crippen molar-refractivity contribution in [2.24, 2.45) is 4.99 Å². The molecule has 1 amide bonds. The molecule has 1 atom stereocenters. The average molecular weight is 392 g/mol. The van der Waals surface area contributed by atoms with E-state index in [-0.39, 0.29) is 5.91 Å². The normalized spacial score (nSPS) is 17.4. The maximum atomic E-state index is 12.1. The largest absolute Gasteiger partial charge is 0.355 e. The summed E-state index contributed by atoms with van der Waals surface area (Å²) >= 11 is 1.53. The van der Waals surface area contributed by atoms with Crippen LogP contribution in [0.1, 0.15) is 57.6 Å². The van der Waals surface area contributed by atoms with Gasteiger partial charge in [0.2, 0.25) is 5.91 Å². The fraction of sp³-hybridized carbons (Fsp3) is 0.636. The molecule has 4 nitrogen and oxygen atoms in total. The lowest BCUT2D eigenvalue weighted by atomic mass is 10.1. The summed E-state index contributed by atoms with van der Waals surface area (Å²) in [6.45, 7) is 10.8. The van der Waals surface area contributed by atoms with Gasteiger partial charge in [-0.2, -0.15) is 0 Å². The second-order valence-electron chi connectivity index (χ2n) is 6.70. The lowest BCUT2D eigenvalue weighted by molar-refractivity contribution is -0.118. The molecule has 1 aromatic rings. The summed E-state index contributed by atoms with van der Waals surface area (Å²) in [5.74, 6) is 0.524. The Morgan fingerprint density at radius 1 is 1.30 bits per heavy atom. The van der Waals surface area contributed by atoms with Gasteiger partial charge in [0.15, 0.2) is 0 Å². The number of amides is 1. The van der Waals surface area contributed by atoms with E-state index in [2.05, 4.69) is 53.4 Å². The van der Waals surface area contributed by atoms with Crippen molar-refractivity contribution in [2.75, 3.05) is 32.4 Å². The lowest BCUT2D eigenvalue weighted by Crippen LogP contribution is -2.29. The molecule has 1 heterocycles. The summed E-state index contributed by atoms with van der Waals surface area (Å²) in [6, 6.07) is 9.03. The van der Waals surface area contributed by atoms with Crippen LogP contribution in [0.15, 0.2) is 29.3 Å². The molecule has 0 aromatic heterocycles. The molecule has 27 heavy (non-hydrogen) atoms. The van der Waals surface area contributed by atoms with Crippen molar-refractivity contribution < 1.29 is 4.79 Å². The van der Waals surface area contributed by atoms with Crippen molar-refractivity contribution in [1.29, 1.82) is 0 Å². The summed E-state index contributed by atoms with van der Waals surface area (Å²) in [5.41, 5.74) is 2.32. The van der Waals surface area contributed by atoms with Gasteiger partial charge in [0.25, 0.3) is 0 Å². The van der Waals surface area contributed by atoms with Gasteiger partial charge in [-0.05, 0) is 53.1 Å². The number of aryl methyl sites for hydroxylation is 1. The zero-order chi connectivity index (χ0) is 20.1. The third-order valence-electron chi connectivity index (χ3n) is 4.65. The van der Waals surface area contributed by atoms with Gasteiger partial charge in [-0.15, -0.1) is 0 Å². The Balaban J connectivity index is 0.00000176. The van der Waals surface area contributed by atoms with Crippen molar-refractivity contribution in [1.82, 2.24) is 10.2 Å². The Labute approximate surface area is 170 Å². The predicted molar refractivity (Wildman–Crippen MR) is 120 cm³/mol. The molecule has 5 heteroatoms. The predicted octanol–water partition coefficient (Wildman–Crippen LogP) is 4.51. The third kappa shape index (κ3) is 8.93. The molecule has 1 aliphatic rings. The van der Waals surface area contributed by atoms with Crippen LogP contribution >= 0.6 is 11.8 Å². The third-order valence-corrected chi connectivity index (χ3v) is 5.69. The fourth-order valence-electron chi connectivity index (χ4n) is 3.15. The second-order valence-corrected chi connectivity index (χ2v) is 7.67. The molecule has 0 radical (unpaired) electrons. The highest BCUT2D eigenvalue weighted by atomic mass is 32.2. The van der Waals surface area contributed by atoms with E-state index in [9.17, 15) is 4.79 Å². The smallest absolute Gasteiger partial charge is 0.230 e. The number of hydrogen-bond acceptors (Lipinski definition) is 4. The van der Waals surface area contributed by atoms with Gasteiger partial charge in [-0.25, -0.2) is 0 Å². The van der Waals surface area contributed by atoms with E-state index in [4.69, 9.17) is 0 Å². The Kier molecular flexibility index (Phi) is 12.1. The molecule has 1 aliphatic heterocycles. The topological polar surface area (TPSA) is 44.7 Å². The molecule has 0 saturated carbocycles. The molecule has 1 N–H and O–H groups in total. The second kappa shape index (κ2) is 13.8. The van der Waals surface area contributed by atoms with Crippen LogP contribution in [0.2, 0.25) is 0 Å². The molecule has 0 spiro atoms. The summed E-state index contributed by atoms with van der Waals surface area (Å²) in [7, 11) is 2.20. The highest BCUT2D eigenvalue weighted by Crippen LogP contribution is 2.19. The molecular weight excluding hydrogens is 354 g/mol. The highest BCUT2D eigenvalue weighted by molar-refractivity contribution is 8.14. The van der Waals surface area contributed by atoms with Crippen LogP contribution in [0.5, 0.6) is 0 Å². The Bertz CT molecular complexity index is 571. The van der Waals surface area contributed by atoms with E-state index in [1.54, 1.807) is 0 Å². The first-order chi connectivity index (χ1) is 13.1. The first-order valence-corrected chi connectivity index (χ1v) is 11.3. The number of aliphatic imine (C=N–C) groups is 1. The average Bonchev–Trinajstić information content (AvgIpc) is 3.09. The van der Waals surface area contributed by atoms with E-state index in [1.165, 1.54) is 43.1 Å². The van der Waals surface area contributed by atoms with Gasteiger partial charge in [0, 0.05) is 24.7 Å². The van der Waals surface area contributed by atoms with Gasteiger partial charge >= 0.3 is 0 Å². The van der Waals surface area contributed by atoms with Crippen LogP contribution in [0, 0.1) is 6.92 Å². The van der Waals surface area contributed by atoms with E-state index in [0.717, 1.165) is 30.1 Å². The highest BCUT2D eigenvalue weighted by Gasteiger charge is 2.19. The summed E-state index contributed by atoms with van der Waals surface area (Å²) < 4.78 is 0. The minimum Gasteiger partial charge on any atom is -0.355 e. The maximum absolute atomic E-state index is 12.1. The van der Waals surface area contributed by atoms with Crippen LogP contribution in [0.3, 0.4) is 0 Å². The van der Waals surface area contributed by atoms with Crippen LogP contribution in [-0.2, 0) is 4.79 Å². The SMILES string of the molecule is CC.CCN=C(SCC(=O)NCCCC1CCCN1C)c1ccc(C)cc1. The van der Waals surface area contributed by atoms with Gasteiger partial charge in [0.1, 0.15) is 0 Å². The zero-order valence-corrected chi connectivity index (χ0v) is 18.6. The molecular formula is C22H37N3OS. The number of carbonyl (C=O) groups excluding carboxylic acids is 1. The fourth-order valence-corrected chi connectivity index (χ4v) is 4.05. The number of hydrogen-bond donors (Lipinski definition) is 1. The van der Waals surface area contributed by atoms with Crippen molar-refractivity contribution in [2.45, 2.75) is 59.4 Å². The van der Waals surface area contributed by atoms with Crippen LogP contribution in [0.4, 0.5) is 0 Å². The van der Waals surface area contributed by atoms with E-state index >= 15 is 0 Å². The Morgan fingerprint density at radius 2 is 2.00 bits per heavy atom. The van der Waals surface area contributed by atoms with E-state index in [0.29, 0.717) is 11.8 Å². The van der Waals surface area contributed by atoms with Gasteiger partial charge in [-0.3, -0.25) is 9.79 Å². The monoisotopic (exact) mass is 391 g/mol. The molecule has 1 aromatic carbocycles. The number of nitrogens with zero attached hydrogens (tertiary/aromatic N) is 2. The molecule has 1 unspecified atom stereocenters. The summed E-state index contributed by atoms with van der Waals surface area (Å²) in [4.78, 5) is 19.1. The summed E-state index contributed by atoms with van der Waals surface area (Å²) in [6.07, 6.45) is 4.84. The zero-order valence-electron chi connectivity index (χ0n) is 17.8. The number of thioether (sulfide) groups is 1. The first-order valence-electron chi connectivity index (χ1n) is 10.3. The first kappa shape index (κ1) is 23.7. The van der Waals surface area contributed by atoms with Crippen LogP contribution in [-0.4, -0.2) is 54.3 Å². The molecule has 1 saturated heterocycles. The molecule has 0 aliphatic carbocycles. The summed E-state index contributed by atoms with van der Waals surface area (Å²) in [5, 5.41) is 4.00. The van der Waals surface area contributed by atoms with Crippen LogP contribution in [0.25, 0.3) is 0 Å². The molecule has 0 bridgehead atoms. The van der Waals surface area contributed by atoms with Crippen LogP contribution < -0.4 is 5.32 Å².